The quantitative estimate of drug-likeness (QED) is 0.483. The summed E-state index contributed by atoms with van der Waals surface area (Å²) in [5.74, 6) is 0.977. The van der Waals surface area contributed by atoms with Crippen molar-refractivity contribution in [2.45, 2.75) is 91.7 Å². The van der Waals surface area contributed by atoms with E-state index in [1.807, 2.05) is 6.08 Å². The van der Waals surface area contributed by atoms with Crippen LogP contribution in [-0.4, -0.2) is 34.5 Å². The van der Waals surface area contributed by atoms with Crippen LogP contribution in [0.15, 0.2) is 11.6 Å². The van der Waals surface area contributed by atoms with E-state index in [4.69, 9.17) is 4.74 Å². The third-order valence-corrected chi connectivity index (χ3v) is 10.7. The van der Waals surface area contributed by atoms with E-state index in [9.17, 15) is 19.2 Å². The van der Waals surface area contributed by atoms with Crippen LogP contribution in [0.5, 0.6) is 0 Å². The smallest absolute Gasteiger partial charge is 0.311 e. The normalized spacial score (nSPS) is 39.4. The number of esters is 1. The van der Waals surface area contributed by atoms with Gasteiger partial charge in [0.15, 0.2) is 16.7 Å². The fraction of sp³-hybridized carbons (Fsp3) is 0.786. The van der Waals surface area contributed by atoms with E-state index in [1.54, 1.807) is 27.7 Å². The highest BCUT2D eigenvalue weighted by atomic mass is 32.2. The molecule has 188 valence electrons. The molecule has 4 aliphatic rings. The predicted octanol–water partition coefficient (Wildman–Crippen LogP) is 5.55. The van der Waals surface area contributed by atoms with Crippen molar-refractivity contribution in [3.05, 3.63) is 11.6 Å². The average Bonchev–Trinajstić information content (AvgIpc) is 3.09. The van der Waals surface area contributed by atoms with Crippen LogP contribution in [0.1, 0.15) is 86.5 Å². The minimum absolute atomic E-state index is 0.0120. The number of rotatable bonds is 4. The molecule has 3 saturated carbocycles. The number of allylic oxidation sites excluding steroid dienone is 1. The summed E-state index contributed by atoms with van der Waals surface area (Å²) in [6.45, 7) is 11.5. The van der Waals surface area contributed by atoms with Crippen molar-refractivity contribution < 1.29 is 23.9 Å². The van der Waals surface area contributed by atoms with Crippen LogP contribution < -0.4 is 0 Å². The largest absolute Gasteiger partial charge is 0.457 e. The number of ether oxygens (including phenoxy) is 1. The van der Waals surface area contributed by atoms with E-state index in [1.165, 1.54) is 17.3 Å². The van der Waals surface area contributed by atoms with Crippen LogP contribution in [0.4, 0.5) is 0 Å². The summed E-state index contributed by atoms with van der Waals surface area (Å²) < 4.78 is 5.41. The molecule has 0 aromatic heterocycles. The van der Waals surface area contributed by atoms with Gasteiger partial charge >= 0.3 is 5.97 Å². The van der Waals surface area contributed by atoms with Crippen LogP contribution in [-0.2, 0) is 23.9 Å². The summed E-state index contributed by atoms with van der Waals surface area (Å²) in [5.41, 5.74) is 0.497. The van der Waals surface area contributed by atoms with Crippen molar-refractivity contribution in [3.63, 3.8) is 0 Å². The molecule has 0 spiro atoms. The van der Waals surface area contributed by atoms with E-state index in [0.29, 0.717) is 24.2 Å². The first-order chi connectivity index (χ1) is 15.8. The Bertz CT molecular complexity index is 930. The van der Waals surface area contributed by atoms with Gasteiger partial charge in [0.2, 0.25) is 0 Å². The van der Waals surface area contributed by atoms with E-state index < -0.39 is 5.41 Å². The number of hydrogen-bond donors (Lipinski definition) is 0. The number of carbonyl (C=O) groups excluding carboxylic acids is 4. The molecule has 0 saturated heterocycles. The molecule has 4 rings (SSSR count). The lowest BCUT2D eigenvalue weighted by Crippen LogP contribution is -2.55. The maximum absolute atomic E-state index is 13.3. The van der Waals surface area contributed by atoms with Crippen molar-refractivity contribution in [1.82, 2.24) is 0 Å². The first-order valence-electron chi connectivity index (χ1n) is 12.9. The lowest BCUT2D eigenvalue weighted by molar-refractivity contribution is -0.158. The highest BCUT2D eigenvalue weighted by Gasteiger charge is 2.62. The summed E-state index contributed by atoms with van der Waals surface area (Å²) in [7, 11) is 0. The average molecular weight is 489 g/mol. The van der Waals surface area contributed by atoms with Crippen LogP contribution >= 0.6 is 11.8 Å². The Morgan fingerprint density at radius 3 is 2.44 bits per heavy atom. The third-order valence-electron chi connectivity index (χ3n) is 9.62. The summed E-state index contributed by atoms with van der Waals surface area (Å²) in [6.07, 6.45) is 7.96. The van der Waals surface area contributed by atoms with E-state index in [-0.39, 0.29) is 51.3 Å². The number of carbonyl (C=O) groups is 4. The van der Waals surface area contributed by atoms with Gasteiger partial charge in [-0.15, -0.1) is 0 Å². The maximum Gasteiger partial charge on any atom is 0.311 e. The molecule has 0 N–H and O–H groups in total. The molecule has 0 bridgehead atoms. The van der Waals surface area contributed by atoms with Gasteiger partial charge in [0.25, 0.3) is 0 Å². The Labute approximate surface area is 208 Å². The highest BCUT2D eigenvalue weighted by Crippen LogP contribution is 2.68. The number of fused-ring (bicyclic) bond motifs is 5. The standard InChI is InChI=1S/C28H40O5S/c1-16(29)34-23-14-17-13-18(30)9-11-27(17,5)21-10-12-28(6)19(7-8-20(28)24(21)23)22(31)15-33-25(32)26(2,3)4/h13,19-21,23-24H,7-12,14-15H2,1-6H3/t19-,20+,21+,23-,24+,27+,28-/m1/s1. The molecule has 0 heterocycles. The van der Waals surface area contributed by atoms with Crippen molar-refractivity contribution in [3.8, 4) is 0 Å². The SMILES string of the molecule is CC(=O)S[C@@H]1CC2=CC(=O)CC[C@]2(C)[C@H]2CC[C@]3(C)[C@@H](C(=O)COC(=O)C(C)(C)C)CC[C@H]3[C@H]12. The third kappa shape index (κ3) is 4.33. The van der Waals surface area contributed by atoms with Gasteiger partial charge in [-0.25, -0.2) is 0 Å². The number of thioether (sulfide) groups is 1. The molecule has 0 amide bonds. The van der Waals surface area contributed by atoms with Gasteiger partial charge in [0.1, 0.15) is 6.61 Å². The molecule has 0 radical (unpaired) electrons. The first kappa shape index (κ1) is 25.7. The molecule has 7 atom stereocenters. The monoisotopic (exact) mass is 488 g/mol. The molecule has 0 aliphatic heterocycles. The van der Waals surface area contributed by atoms with Gasteiger partial charge in [-0.05, 0) is 94.0 Å². The molecule has 4 aliphatic carbocycles. The molecular formula is C28H40O5S. The lowest BCUT2D eigenvalue weighted by Gasteiger charge is -2.60. The van der Waals surface area contributed by atoms with Gasteiger partial charge < -0.3 is 4.74 Å². The van der Waals surface area contributed by atoms with Gasteiger partial charge in [-0.1, -0.05) is 31.2 Å². The van der Waals surface area contributed by atoms with E-state index in [2.05, 4.69) is 13.8 Å². The molecule has 0 aromatic carbocycles. The second-order valence-electron chi connectivity index (χ2n) is 12.7. The summed E-state index contributed by atoms with van der Waals surface area (Å²) in [4.78, 5) is 50.0. The summed E-state index contributed by atoms with van der Waals surface area (Å²) in [6, 6.07) is 0. The van der Waals surface area contributed by atoms with Crippen molar-refractivity contribution >= 4 is 34.4 Å². The van der Waals surface area contributed by atoms with E-state index >= 15 is 0 Å². The second kappa shape index (κ2) is 8.90. The summed E-state index contributed by atoms with van der Waals surface area (Å²) in [5, 5.41) is 0.284. The molecule has 0 unspecified atom stereocenters. The van der Waals surface area contributed by atoms with Gasteiger partial charge in [-0.3, -0.25) is 19.2 Å². The Hall–Kier alpha value is -1.43. The Kier molecular flexibility index (Phi) is 6.72. The highest BCUT2D eigenvalue weighted by molar-refractivity contribution is 8.14. The van der Waals surface area contributed by atoms with Crippen molar-refractivity contribution in [2.24, 2.45) is 39.9 Å². The molecule has 5 nitrogen and oxygen atoms in total. The molecule has 34 heavy (non-hydrogen) atoms. The van der Waals surface area contributed by atoms with Crippen molar-refractivity contribution in [1.29, 1.82) is 0 Å². The number of Topliss-reactive ketones (excluding diaryl/α,β-unsaturated/α-hetero) is 1. The molecular weight excluding hydrogens is 448 g/mol. The zero-order valence-corrected chi connectivity index (χ0v) is 22.4. The minimum atomic E-state index is -0.623. The maximum atomic E-state index is 13.3. The number of hydrogen-bond acceptors (Lipinski definition) is 6. The Morgan fingerprint density at radius 2 is 1.79 bits per heavy atom. The van der Waals surface area contributed by atoms with Crippen LogP contribution in [0.3, 0.4) is 0 Å². The molecule has 3 fully saturated rings. The first-order valence-corrected chi connectivity index (χ1v) is 13.8. The predicted molar refractivity (Wildman–Crippen MR) is 133 cm³/mol. The molecule has 6 heteroatoms. The van der Waals surface area contributed by atoms with Crippen LogP contribution in [0.25, 0.3) is 0 Å². The lowest BCUT2D eigenvalue weighted by atomic mass is 9.46. The van der Waals surface area contributed by atoms with E-state index in [0.717, 1.165) is 38.5 Å². The minimum Gasteiger partial charge on any atom is -0.457 e. The zero-order chi connectivity index (χ0) is 25.1. The second-order valence-corrected chi connectivity index (χ2v) is 14.1. The van der Waals surface area contributed by atoms with Crippen LogP contribution in [0, 0.1) is 39.9 Å². The topological polar surface area (TPSA) is 77.5 Å². The fourth-order valence-electron chi connectivity index (χ4n) is 7.82. The summed E-state index contributed by atoms with van der Waals surface area (Å²) >= 11 is 1.45. The molecule has 0 aromatic rings. The van der Waals surface area contributed by atoms with Gasteiger partial charge in [0, 0.05) is 24.5 Å². The van der Waals surface area contributed by atoms with Gasteiger partial charge in [-0.2, -0.15) is 0 Å². The van der Waals surface area contributed by atoms with Crippen LogP contribution in [0.2, 0.25) is 0 Å². The fourth-order valence-corrected chi connectivity index (χ4v) is 9.04. The number of ketones is 2. The van der Waals surface area contributed by atoms with Crippen molar-refractivity contribution in [2.75, 3.05) is 6.61 Å². The Balaban J connectivity index is 1.60. The van der Waals surface area contributed by atoms with Gasteiger partial charge in [0.05, 0.1) is 5.41 Å². The zero-order valence-electron chi connectivity index (χ0n) is 21.6. The Morgan fingerprint density at radius 1 is 1.09 bits per heavy atom.